The van der Waals surface area contributed by atoms with Crippen molar-refractivity contribution in [2.24, 2.45) is 0 Å². The highest BCUT2D eigenvalue weighted by molar-refractivity contribution is 6.03. The third-order valence-corrected chi connectivity index (χ3v) is 5.44. The first-order chi connectivity index (χ1) is 13.1. The van der Waals surface area contributed by atoms with E-state index >= 15 is 0 Å². The number of hydrogen-bond donors (Lipinski definition) is 1. The van der Waals surface area contributed by atoms with Gasteiger partial charge >= 0.3 is 5.97 Å². The van der Waals surface area contributed by atoms with Crippen LogP contribution in [0, 0.1) is 6.92 Å². The monoisotopic (exact) mass is 367 g/mol. The predicted molar refractivity (Wildman–Crippen MR) is 106 cm³/mol. The minimum atomic E-state index is -0.346. The smallest absolute Gasteiger partial charge is 0.355 e. The Kier molecular flexibility index (Phi) is 6.49. The maximum atomic E-state index is 12.7. The van der Waals surface area contributed by atoms with E-state index in [1.54, 1.807) is 0 Å². The molecule has 0 fully saturated rings. The Morgan fingerprint density at radius 2 is 1.85 bits per heavy atom. The molecule has 0 unspecified atom stereocenters. The van der Waals surface area contributed by atoms with E-state index in [4.69, 9.17) is 4.74 Å². The Balaban J connectivity index is 1.66. The second kappa shape index (κ2) is 9.03. The van der Waals surface area contributed by atoms with Crippen molar-refractivity contribution in [3.8, 4) is 0 Å². The molecule has 1 aliphatic carbocycles. The van der Waals surface area contributed by atoms with Gasteiger partial charge in [-0.25, -0.2) is 4.79 Å². The maximum absolute atomic E-state index is 12.7. The van der Waals surface area contributed by atoms with Crippen LogP contribution in [0.4, 0.5) is 0 Å². The number of rotatable bonds is 8. The summed E-state index contributed by atoms with van der Waals surface area (Å²) in [7, 11) is 0. The summed E-state index contributed by atoms with van der Waals surface area (Å²) in [5.74, 6) is -0.0781. The Hall–Kier alpha value is -2.36. The maximum Gasteiger partial charge on any atom is 0.355 e. The van der Waals surface area contributed by atoms with E-state index in [2.05, 4.69) is 24.0 Å². The molecular weight excluding hydrogens is 338 g/mol. The number of H-pyrrole nitrogens is 1. The lowest BCUT2D eigenvalue weighted by Crippen LogP contribution is -2.18. The second-order valence-electron chi connectivity index (χ2n) is 7.47. The van der Waals surface area contributed by atoms with Crippen molar-refractivity contribution in [1.82, 2.24) is 4.98 Å². The van der Waals surface area contributed by atoms with Crippen molar-refractivity contribution in [3.63, 3.8) is 0 Å². The van der Waals surface area contributed by atoms with Gasteiger partial charge in [-0.15, -0.1) is 0 Å². The molecule has 144 valence electrons. The molecule has 1 aromatic heterocycles. The molecule has 0 bridgehead atoms. The molecule has 27 heavy (non-hydrogen) atoms. The number of unbranched alkanes of at least 4 members (excludes halogenated alkanes) is 4. The molecule has 1 aliphatic rings. The van der Waals surface area contributed by atoms with Crippen LogP contribution in [0.15, 0.2) is 30.3 Å². The van der Waals surface area contributed by atoms with E-state index in [1.165, 1.54) is 24.8 Å². The third kappa shape index (κ3) is 4.49. The minimum absolute atomic E-state index is 0.109. The molecule has 0 amide bonds. The first kappa shape index (κ1) is 19.4. The van der Waals surface area contributed by atoms with Crippen LogP contribution in [0.1, 0.15) is 89.0 Å². The zero-order valence-corrected chi connectivity index (χ0v) is 16.3. The van der Waals surface area contributed by atoms with E-state index in [0.29, 0.717) is 24.3 Å². The predicted octanol–water partition coefficient (Wildman–Crippen LogP) is 5.36. The van der Waals surface area contributed by atoms with E-state index < -0.39 is 0 Å². The molecular formula is C23H29NO3. The SMILES string of the molecule is CCCCCCCOC(=O)c1[nH]c2c(c1C)C(=O)C[C@@H](c1ccccc1)C2. The van der Waals surface area contributed by atoms with Crippen LogP contribution in [-0.2, 0) is 11.2 Å². The van der Waals surface area contributed by atoms with Crippen LogP contribution in [0.2, 0.25) is 0 Å². The van der Waals surface area contributed by atoms with Gasteiger partial charge in [0.2, 0.25) is 0 Å². The normalized spacial score (nSPS) is 16.2. The fourth-order valence-corrected chi connectivity index (χ4v) is 3.94. The van der Waals surface area contributed by atoms with Gasteiger partial charge in [0, 0.05) is 17.7 Å². The number of esters is 1. The van der Waals surface area contributed by atoms with Gasteiger partial charge in [-0.2, -0.15) is 0 Å². The van der Waals surface area contributed by atoms with Gasteiger partial charge in [0.25, 0.3) is 0 Å². The first-order valence-electron chi connectivity index (χ1n) is 10.1. The van der Waals surface area contributed by atoms with Crippen LogP contribution >= 0.6 is 0 Å². The standard InChI is InChI=1S/C23H29NO3/c1-3-4-5-6-10-13-27-23(26)22-16(2)21-19(24-22)14-18(15-20(21)25)17-11-8-7-9-12-17/h7-9,11-12,18,24H,3-6,10,13-15H2,1-2H3/t18-/m0/s1. The summed E-state index contributed by atoms with van der Waals surface area (Å²) in [5, 5.41) is 0. The largest absolute Gasteiger partial charge is 0.461 e. The Morgan fingerprint density at radius 3 is 2.59 bits per heavy atom. The van der Waals surface area contributed by atoms with E-state index in [9.17, 15) is 9.59 Å². The van der Waals surface area contributed by atoms with Crippen molar-refractivity contribution in [3.05, 3.63) is 58.4 Å². The molecule has 4 nitrogen and oxygen atoms in total. The Labute approximate surface area is 161 Å². The number of ketones is 1. The fraction of sp³-hybridized carbons (Fsp3) is 0.478. The summed E-state index contributed by atoms with van der Waals surface area (Å²) in [5.41, 5.74) is 3.90. The summed E-state index contributed by atoms with van der Waals surface area (Å²) in [6.07, 6.45) is 6.81. The molecule has 3 rings (SSSR count). The zero-order valence-electron chi connectivity index (χ0n) is 16.3. The van der Waals surface area contributed by atoms with Crippen molar-refractivity contribution < 1.29 is 14.3 Å². The molecule has 1 N–H and O–H groups in total. The number of aromatic nitrogens is 1. The second-order valence-corrected chi connectivity index (χ2v) is 7.47. The summed E-state index contributed by atoms with van der Waals surface area (Å²) in [4.78, 5) is 28.4. The van der Waals surface area contributed by atoms with Crippen molar-refractivity contribution >= 4 is 11.8 Å². The van der Waals surface area contributed by atoms with Gasteiger partial charge < -0.3 is 9.72 Å². The average molecular weight is 367 g/mol. The van der Waals surface area contributed by atoms with Crippen LogP contribution in [0.5, 0.6) is 0 Å². The lowest BCUT2D eigenvalue weighted by molar-refractivity contribution is 0.0490. The number of benzene rings is 1. The van der Waals surface area contributed by atoms with Crippen LogP contribution < -0.4 is 0 Å². The topological polar surface area (TPSA) is 59.2 Å². The van der Waals surface area contributed by atoms with Gasteiger partial charge in [-0.1, -0.05) is 62.9 Å². The highest BCUT2D eigenvalue weighted by Gasteiger charge is 2.32. The molecule has 1 aromatic carbocycles. The third-order valence-electron chi connectivity index (χ3n) is 5.44. The van der Waals surface area contributed by atoms with E-state index in [1.807, 2.05) is 25.1 Å². The van der Waals surface area contributed by atoms with Crippen molar-refractivity contribution in [2.45, 2.75) is 64.7 Å². The van der Waals surface area contributed by atoms with Gasteiger partial charge in [0.05, 0.1) is 6.61 Å². The van der Waals surface area contributed by atoms with Gasteiger partial charge in [-0.3, -0.25) is 4.79 Å². The van der Waals surface area contributed by atoms with Gasteiger partial charge in [0.1, 0.15) is 5.69 Å². The molecule has 1 atom stereocenters. The summed E-state index contributed by atoms with van der Waals surface area (Å²) < 4.78 is 5.43. The molecule has 0 spiro atoms. The lowest BCUT2D eigenvalue weighted by atomic mass is 9.81. The highest BCUT2D eigenvalue weighted by Crippen LogP contribution is 2.35. The number of carbonyl (C=O) groups is 2. The van der Waals surface area contributed by atoms with Crippen molar-refractivity contribution in [2.75, 3.05) is 6.61 Å². The van der Waals surface area contributed by atoms with Crippen LogP contribution in [0.25, 0.3) is 0 Å². The minimum Gasteiger partial charge on any atom is -0.461 e. The number of carbonyl (C=O) groups excluding carboxylic acids is 2. The molecule has 0 radical (unpaired) electrons. The van der Waals surface area contributed by atoms with Crippen LogP contribution in [-0.4, -0.2) is 23.3 Å². The number of hydrogen-bond acceptors (Lipinski definition) is 3. The number of aromatic amines is 1. The zero-order chi connectivity index (χ0) is 19.2. The molecule has 4 heteroatoms. The summed E-state index contributed by atoms with van der Waals surface area (Å²) in [6.45, 7) is 4.46. The molecule has 0 saturated carbocycles. The molecule has 2 aromatic rings. The van der Waals surface area contributed by atoms with Crippen molar-refractivity contribution in [1.29, 1.82) is 0 Å². The summed E-state index contributed by atoms with van der Waals surface area (Å²) in [6, 6.07) is 10.1. The molecule has 0 aliphatic heterocycles. The Bertz CT molecular complexity index is 791. The fourth-order valence-electron chi connectivity index (χ4n) is 3.94. The first-order valence-corrected chi connectivity index (χ1v) is 10.1. The summed E-state index contributed by atoms with van der Waals surface area (Å²) >= 11 is 0. The number of nitrogens with one attached hydrogen (secondary N) is 1. The van der Waals surface area contributed by atoms with Crippen LogP contribution in [0.3, 0.4) is 0 Å². The molecule has 0 saturated heterocycles. The highest BCUT2D eigenvalue weighted by atomic mass is 16.5. The van der Waals surface area contributed by atoms with E-state index in [-0.39, 0.29) is 17.7 Å². The Morgan fingerprint density at radius 1 is 1.11 bits per heavy atom. The number of fused-ring (bicyclic) bond motifs is 1. The lowest BCUT2D eigenvalue weighted by Gasteiger charge is -2.22. The van der Waals surface area contributed by atoms with E-state index in [0.717, 1.165) is 30.5 Å². The average Bonchev–Trinajstić information content (AvgIpc) is 3.02. The number of ether oxygens (including phenoxy) is 1. The number of Topliss-reactive ketones (excluding diaryl/α,β-unsaturated/α-hetero) is 1. The van der Waals surface area contributed by atoms with Gasteiger partial charge in [-0.05, 0) is 36.8 Å². The molecule has 1 heterocycles. The quantitative estimate of drug-likeness (QED) is 0.504. The van der Waals surface area contributed by atoms with Gasteiger partial charge in [0.15, 0.2) is 5.78 Å².